The van der Waals surface area contributed by atoms with E-state index in [1.807, 2.05) is 24.3 Å². The van der Waals surface area contributed by atoms with Gasteiger partial charge in [-0.1, -0.05) is 36.4 Å². The zero-order valence-electron chi connectivity index (χ0n) is 51.7. The first-order chi connectivity index (χ1) is 44.1. The molecule has 11 N–H and O–H groups in total. The second-order valence-corrected chi connectivity index (χ2v) is 24.1. The Morgan fingerprint density at radius 1 is 0.641 bits per heavy atom. The maximum absolute atomic E-state index is 16.0. The smallest absolute Gasteiger partial charge is 0.246 e. The van der Waals surface area contributed by atoms with Crippen molar-refractivity contribution in [3.05, 3.63) is 137 Å². The zero-order valence-corrected chi connectivity index (χ0v) is 51.7. The van der Waals surface area contributed by atoms with Crippen LogP contribution >= 0.6 is 0 Å². The number of halogens is 3. The highest BCUT2D eigenvalue weighted by molar-refractivity contribution is 6.00. The number of aliphatic hydroxyl groups is 1. The predicted octanol–water partition coefficient (Wildman–Crippen LogP) is 2.86. The number of hydrogen-bond acceptors (Lipinski definition) is 12. The molecule has 4 aliphatic rings. The predicted molar refractivity (Wildman–Crippen MR) is 334 cm³/mol. The number of amides is 9. The fourth-order valence-electron chi connectivity index (χ4n) is 12.1. The van der Waals surface area contributed by atoms with Crippen LogP contribution in [0.5, 0.6) is 5.75 Å². The first-order valence-electron chi connectivity index (χ1n) is 31.0. The van der Waals surface area contributed by atoms with Crippen molar-refractivity contribution in [2.75, 3.05) is 39.8 Å². The minimum absolute atomic E-state index is 0.113. The van der Waals surface area contributed by atoms with Crippen LogP contribution in [0.2, 0.25) is 0 Å². The highest BCUT2D eigenvalue weighted by Gasteiger charge is 2.49. The number of aliphatic hydroxyl groups excluding tert-OH is 1. The molecule has 2 saturated heterocycles. The van der Waals surface area contributed by atoms with E-state index in [0.717, 1.165) is 16.0 Å². The van der Waals surface area contributed by atoms with Crippen LogP contribution in [0.25, 0.3) is 21.8 Å². The summed E-state index contributed by atoms with van der Waals surface area (Å²) in [5.41, 5.74) is 2.76. The number of fused-ring (bicyclic) bond motifs is 31. The number of aromatic amines is 2. The minimum Gasteiger partial charge on any atom is -0.497 e. The van der Waals surface area contributed by atoms with Gasteiger partial charge < -0.3 is 72.1 Å². The Morgan fingerprint density at radius 2 is 1.26 bits per heavy atom. The van der Waals surface area contributed by atoms with Gasteiger partial charge in [-0.25, -0.2) is 13.2 Å². The molecule has 4 aliphatic heterocycles. The molecule has 0 unspecified atom stereocenters. The molecule has 4 aromatic carbocycles. The number of carbonyl (C=O) groups is 9. The highest BCUT2D eigenvalue weighted by Crippen LogP contribution is 2.32. The molecule has 0 radical (unpaired) electrons. The monoisotopic (exact) mass is 1270 g/mol. The van der Waals surface area contributed by atoms with Gasteiger partial charge in [-0.15, -0.1) is 0 Å². The first-order valence-corrected chi connectivity index (χ1v) is 31.0. The van der Waals surface area contributed by atoms with Gasteiger partial charge in [0.05, 0.1) is 26.3 Å². The molecule has 6 aromatic rings. The van der Waals surface area contributed by atoms with Gasteiger partial charge in [0.2, 0.25) is 53.2 Å². The van der Waals surface area contributed by atoms with E-state index in [1.165, 1.54) is 74.6 Å². The van der Waals surface area contributed by atoms with E-state index in [0.29, 0.717) is 89.4 Å². The van der Waals surface area contributed by atoms with E-state index in [2.05, 4.69) is 52.5 Å². The number of benzene rings is 4. The average Bonchev–Trinajstić information content (AvgIpc) is 1.70. The number of hydrogen-bond donors (Lipinski definition) is 11. The van der Waals surface area contributed by atoms with Crippen molar-refractivity contribution in [3.8, 4) is 5.75 Å². The van der Waals surface area contributed by atoms with Crippen molar-refractivity contribution in [2.24, 2.45) is 0 Å². The lowest BCUT2D eigenvalue weighted by atomic mass is 9.95. The van der Waals surface area contributed by atoms with Crippen LogP contribution in [0.4, 0.5) is 13.2 Å². The van der Waals surface area contributed by atoms with Gasteiger partial charge in [0.15, 0.2) is 0 Å². The quantitative estimate of drug-likeness (QED) is 0.0981. The highest BCUT2D eigenvalue weighted by atomic mass is 19.1. The van der Waals surface area contributed by atoms with Crippen LogP contribution in [0.3, 0.4) is 0 Å². The van der Waals surface area contributed by atoms with Crippen LogP contribution in [0.1, 0.15) is 87.1 Å². The second kappa shape index (κ2) is 30.2. The molecular formula is C66H79F3N12O11. The Bertz CT molecular complexity index is 3680. The molecular weight excluding hydrogens is 1190 g/mol. The van der Waals surface area contributed by atoms with E-state index in [-0.39, 0.29) is 32.4 Å². The lowest BCUT2D eigenvalue weighted by Crippen LogP contribution is -2.63. The van der Waals surface area contributed by atoms with Gasteiger partial charge in [0.25, 0.3) is 0 Å². The van der Waals surface area contributed by atoms with Crippen LogP contribution in [-0.4, -0.2) is 172 Å². The topological polar surface area (TPSA) is 317 Å². The summed E-state index contributed by atoms with van der Waals surface area (Å²) in [4.78, 5) is 137. The van der Waals surface area contributed by atoms with Crippen molar-refractivity contribution < 1.29 is 66.2 Å². The Morgan fingerprint density at radius 3 is 1.91 bits per heavy atom. The molecule has 2 fully saturated rings. The van der Waals surface area contributed by atoms with Crippen molar-refractivity contribution >= 4 is 75.0 Å². The maximum atomic E-state index is 16.0. The van der Waals surface area contributed by atoms with Gasteiger partial charge in [-0.2, -0.15) is 0 Å². The summed E-state index contributed by atoms with van der Waals surface area (Å²) in [5.74, 6) is -7.90. The number of aromatic nitrogens is 2. The molecule has 6 heterocycles. The molecule has 23 nitrogen and oxygen atoms in total. The van der Waals surface area contributed by atoms with Gasteiger partial charge in [-0.05, 0) is 136 Å². The number of ether oxygens (including phenoxy) is 1. The number of carbonyl (C=O) groups excluding carboxylic acids is 9. The van der Waals surface area contributed by atoms with Crippen molar-refractivity contribution in [2.45, 2.75) is 146 Å². The van der Waals surface area contributed by atoms with Crippen LogP contribution in [0, 0.1) is 11.6 Å². The molecule has 490 valence electrons. The summed E-state index contributed by atoms with van der Waals surface area (Å²) in [5, 5.41) is 33.9. The molecule has 2 bridgehead atoms. The summed E-state index contributed by atoms with van der Waals surface area (Å²) >= 11 is 0. The Kier molecular flexibility index (Phi) is 22.0. The zero-order chi connectivity index (χ0) is 65.8. The third kappa shape index (κ3) is 16.6. The van der Waals surface area contributed by atoms with E-state index in [9.17, 15) is 52.2 Å². The van der Waals surface area contributed by atoms with Crippen LogP contribution in [-0.2, 0) is 75.4 Å². The number of rotatable bonds is 8. The van der Waals surface area contributed by atoms with Gasteiger partial charge in [0.1, 0.15) is 65.3 Å². The molecule has 0 saturated carbocycles. The molecule has 9 atom stereocenters. The third-order valence-corrected chi connectivity index (χ3v) is 17.3. The van der Waals surface area contributed by atoms with E-state index in [1.54, 1.807) is 31.2 Å². The molecule has 2 aromatic heterocycles. The van der Waals surface area contributed by atoms with Crippen molar-refractivity contribution in [1.29, 1.82) is 0 Å². The largest absolute Gasteiger partial charge is 0.497 e. The Hall–Kier alpha value is -9.30. The minimum atomic E-state index is -1.84. The standard InChI is InChI=1S/C66H79F3N12O11/c1-37-59(85)76-52(27-42-33-72-50-19-15-44(67)29-48(42)50)60(86)77-54(28-43-34-73-51-20-16-45(68)30-49(43)51)63(89)80-36-46(69)31-55(80)61(87)79-58(38(2)82)62(88)78-53(26-40-13-17-47(92-4)18-14-40)64(90)81-25-7-22-66(81,3)65(91)71-24-21-39-9-11-41(12-10-39)32-70-23-6-5-8-56(83)74-35-57(84)75-37/h9-20,29-30,33-34,37-38,46,52-55,58,70,72-73,82H,5-8,21-28,31-32,35-36H2,1-4H3,(H,71,91)(H,74,83)(H,75,84)(H,76,85)(H,77,86)(H,78,88)(H,79,87)/t37-,38-,46+,52+,53+,54+,55+,58+,66+/m1/s1. The summed E-state index contributed by atoms with van der Waals surface area (Å²) < 4.78 is 51.0. The molecule has 0 aliphatic carbocycles. The lowest BCUT2D eigenvalue weighted by Gasteiger charge is -2.37. The van der Waals surface area contributed by atoms with Gasteiger partial charge >= 0.3 is 0 Å². The van der Waals surface area contributed by atoms with Crippen LogP contribution in [0.15, 0.2) is 97.3 Å². The van der Waals surface area contributed by atoms with E-state index in [4.69, 9.17) is 4.74 Å². The number of methoxy groups -OCH3 is 1. The Labute approximate surface area is 529 Å². The number of alkyl halides is 1. The van der Waals surface area contributed by atoms with Gasteiger partial charge in [0, 0.05) is 85.9 Å². The number of nitrogens with one attached hydrogen (secondary N) is 10. The van der Waals surface area contributed by atoms with Crippen LogP contribution < -0.4 is 47.3 Å². The molecule has 10 rings (SSSR count). The molecule has 0 spiro atoms. The summed E-state index contributed by atoms with van der Waals surface area (Å²) in [7, 11) is 1.49. The van der Waals surface area contributed by atoms with Crippen molar-refractivity contribution in [1.82, 2.24) is 62.3 Å². The lowest BCUT2D eigenvalue weighted by molar-refractivity contribution is -0.147. The molecule has 26 heteroatoms. The summed E-state index contributed by atoms with van der Waals surface area (Å²) in [6, 6.07) is 12.9. The SMILES string of the molecule is COc1ccc(C[C@@H]2NC(=O)[C@H]([C@@H](C)O)NC(=O)[C@@H]3C[C@H](F)CN3C(=O)[C@H](Cc3c[nH]c4ccc(F)cc34)NC(=O)[C@H](Cc3c[nH]c4ccc(F)cc34)NC(=O)[C@@H](C)NC(=O)CNC(=O)CCCCNCc3ccc(cc3)CCNC(=O)[C@]3(C)CCCN3C2=O)cc1. The second-order valence-electron chi connectivity index (χ2n) is 24.1. The average molecular weight is 1270 g/mol. The summed E-state index contributed by atoms with van der Waals surface area (Å²) in [6.45, 7) is 4.59. The number of H-pyrrole nitrogens is 2. The third-order valence-electron chi connectivity index (χ3n) is 17.3. The van der Waals surface area contributed by atoms with E-state index >= 15 is 9.18 Å². The molecule has 9 amide bonds. The molecule has 92 heavy (non-hydrogen) atoms. The van der Waals surface area contributed by atoms with Gasteiger partial charge in [-0.3, -0.25) is 43.2 Å². The summed E-state index contributed by atoms with van der Waals surface area (Å²) in [6.07, 6.45) is 0.525. The Balaban J connectivity index is 1.02. The van der Waals surface area contributed by atoms with Crippen molar-refractivity contribution in [3.63, 3.8) is 0 Å². The normalized spacial score (nSPS) is 24.9. The van der Waals surface area contributed by atoms with E-state index < -0.39 is 145 Å². The maximum Gasteiger partial charge on any atom is 0.246 e. The number of nitrogens with zero attached hydrogens (tertiary/aromatic N) is 2. The first kappa shape index (κ1) is 67.1. The fraction of sp³-hybridized carbons (Fsp3) is 0.439. The fourth-order valence-corrected chi connectivity index (χ4v) is 12.1.